The summed E-state index contributed by atoms with van der Waals surface area (Å²) in [4.78, 5) is 0. The van der Waals surface area contributed by atoms with E-state index >= 15 is 0 Å². The van der Waals surface area contributed by atoms with E-state index in [-0.39, 0.29) is 11.4 Å². The molecule has 21 heavy (non-hydrogen) atoms. The predicted molar refractivity (Wildman–Crippen MR) is 90.8 cm³/mol. The summed E-state index contributed by atoms with van der Waals surface area (Å²) in [5.74, 6) is 0.429. The van der Waals surface area contributed by atoms with Crippen LogP contribution in [0.4, 0.5) is 4.39 Å². The first-order valence-corrected chi connectivity index (χ1v) is 9.04. The third-order valence-electron chi connectivity index (χ3n) is 4.99. The Kier molecular flexibility index (Phi) is 4.86. The molecule has 1 N–H and O–H groups in total. The van der Waals surface area contributed by atoms with Gasteiger partial charge in [0.25, 0.3) is 0 Å². The molecule has 1 heterocycles. The van der Waals surface area contributed by atoms with Gasteiger partial charge in [-0.15, -0.1) is 0 Å². The molecule has 1 aliphatic heterocycles. The van der Waals surface area contributed by atoms with Gasteiger partial charge in [0.05, 0.1) is 5.60 Å². The van der Waals surface area contributed by atoms with Crippen LogP contribution in [0.15, 0.2) is 18.2 Å². The summed E-state index contributed by atoms with van der Waals surface area (Å²) in [6.45, 7) is 3.94. The van der Waals surface area contributed by atoms with Crippen LogP contribution in [0.5, 0.6) is 0 Å². The summed E-state index contributed by atoms with van der Waals surface area (Å²) >= 11 is 2.26. The van der Waals surface area contributed by atoms with E-state index in [0.29, 0.717) is 12.0 Å². The maximum Gasteiger partial charge on any atom is 0.124 e. The Morgan fingerprint density at radius 1 is 1.48 bits per heavy atom. The molecule has 1 aliphatic carbocycles. The lowest BCUT2D eigenvalue weighted by atomic mass is 9.69. The molecule has 1 saturated carbocycles. The molecule has 3 rings (SSSR count). The molecule has 2 aliphatic rings. The number of hydrogen-bond donors (Lipinski definition) is 1. The van der Waals surface area contributed by atoms with Crippen LogP contribution in [0.2, 0.25) is 0 Å². The first-order valence-electron chi connectivity index (χ1n) is 7.96. The number of nitrogens with one attached hydrogen (secondary N) is 1. The zero-order valence-electron chi connectivity index (χ0n) is 12.5. The molecule has 1 aromatic carbocycles. The van der Waals surface area contributed by atoms with E-state index in [4.69, 9.17) is 4.74 Å². The lowest BCUT2D eigenvalue weighted by Gasteiger charge is -2.49. The van der Waals surface area contributed by atoms with Gasteiger partial charge in [0, 0.05) is 16.2 Å². The van der Waals surface area contributed by atoms with E-state index in [1.54, 1.807) is 12.1 Å². The van der Waals surface area contributed by atoms with Crippen LogP contribution in [0.3, 0.4) is 0 Å². The van der Waals surface area contributed by atoms with Crippen LogP contribution in [0.25, 0.3) is 0 Å². The molecular weight excluding hydrogens is 380 g/mol. The van der Waals surface area contributed by atoms with Gasteiger partial charge < -0.3 is 10.1 Å². The standard InChI is InChI=1S/C17H23FINO/c1-2-20-16(14-5-4-13(18)10-15(14)19)12-6-9-21-17(11-12)7-3-8-17/h4-5,10,12,16,20H,2-3,6-9,11H2,1H3. The van der Waals surface area contributed by atoms with Gasteiger partial charge in [0.15, 0.2) is 0 Å². The Bertz CT molecular complexity index is 504. The van der Waals surface area contributed by atoms with Crippen molar-refractivity contribution in [2.24, 2.45) is 5.92 Å². The smallest absolute Gasteiger partial charge is 0.124 e. The Hall–Kier alpha value is -0.200. The van der Waals surface area contributed by atoms with Crippen molar-refractivity contribution >= 4 is 22.6 Å². The number of rotatable bonds is 4. The van der Waals surface area contributed by atoms with E-state index in [1.807, 2.05) is 6.07 Å². The lowest BCUT2D eigenvalue weighted by Crippen LogP contribution is -2.48. The number of hydrogen-bond acceptors (Lipinski definition) is 2. The summed E-state index contributed by atoms with van der Waals surface area (Å²) < 4.78 is 20.5. The molecule has 116 valence electrons. The highest BCUT2D eigenvalue weighted by atomic mass is 127. The van der Waals surface area contributed by atoms with Crippen molar-refractivity contribution in [1.29, 1.82) is 0 Å². The van der Waals surface area contributed by atoms with Crippen LogP contribution >= 0.6 is 22.6 Å². The normalized spacial score (nSPS) is 25.6. The van der Waals surface area contributed by atoms with Crippen LogP contribution < -0.4 is 5.32 Å². The van der Waals surface area contributed by atoms with Gasteiger partial charge in [-0.05, 0) is 84.9 Å². The van der Waals surface area contributed by atoms with Crippen molar-refractivity contribution < 1.29 is 9.13 Å². The quantitative estimate of drug-likeness (QED) is 0.752. The van der Waals surface area contributed by atoms with Crippen LogP contribution in [-0.4, -0.2) is 18.8 Å². The van der Waals surface area contributed by atoms with E-state index < -0.39 is 0 Å². The summed E-state index contributed by atoms with van der Waals surface area (Å²) in [5.41, 5.74) is 1.39. The molecule has 1 saturated heterocycles. The molecule has 0 radical (unpaired) electrons. The Morgan fingerprint density at radius 2 is 2.29 bits per heavy atom. The zero-order valence-corrected chi connectivity index (χ0v) is 14.7. The van der Waals surface area contributed by atoms with Gasteiger partial charge in [-0.2, -0.15) is 0 Å². The molecule has 2 unspecified atom stereocenters. The van der Waals surface area contributed by atoms with Crippen LogP contribution in [-0.2, 0) is 4.74 Å². The third-order valence-corrected chi connectivity index (χ3v) is 5.92. The lowest BCUT2D eigenvalue weighted by molar-refractivity contribution is -0.147. The van der Waals surface area contributed by atoms with Gasteiger partial charge in [-0.25, -0.2) is 4.39 Å². The highest BCUT2D eigenvalue weighted by molar-refractivity contribution is 14.1. The maximum atomic E-state index is 13.4. The number of halogens is 2. The molecule has 1 spiro atoms. The Labute approximate surface area is 140 Å². The SMILES string of the molecule is CCNC(c1ccc(F)cc1I)C1CCOC2(CCC2)C1. The summed E-state index contributed by atoms with van der Waals surface area (Å²) in [7, 11) is 0. The van der Waals surface area contributed by atoms with Gasteiger partial charge in [-0.1, -0.05) is 13.0 Å². The minimum absolute atomic E-state index is 0.152. The van der Waals surface area contributed by atoms with Gasteiger partial charge in [-0.3, -0.25) is 0 Å². The van der Waals surface area contributed by atoms with Crippen molar-refractivity contribution in [2.75, 3.05) is 13.2 Å². The fourth-order valence-electron chi connectivity index (χ4n) is 3.77. The predicted octanol–water partition coefficient (Wildman–Crippen LogP) is 4.43. The molecule has 2 fully saturated rings. The fraction of sp³-hybridized carbons (Fsp3) is 0.647. The first kappa shape index (κ1) is 15.7. The molecule has 0 bridgehead atoms. The van der Waals surface area contributed by atoms with Crippen LogP contribution in [0, 0.1) is 15.3 Å². The third kappa shape index (κ3) is 3.27. The highest BCUT2D eigenvalue weighted by Gasteiger charge is 2.44. The topological polar surface area (TPSA) is 21.3 Å². The molecule has 2 atom stereocenters. The highest BCUT2D eigenvalue weighted by Crippen LogP contribution is 2.47. The van der Waals surface area contributed by atoms with Gasteiger partial charge >= 0.3 is 0 Å². The minimum atomic E-state index is -0.152. The maximum absolute atomic E-state index is 13.4. The zero-order chi connectivity index (χ0) is 14.9. The van der Waals surface area contributed by atoms with Gasteiger partial charge in [0.2, 0.25) is 0 Å². The molecule has 2 nitrogen and oxygen atoms in total. The van der Waals surface area contributed by atoms with E-state index in [2.05, 4.69) is 34.8 Å². The van der Waals surface area contributed by atoms with E-state index in [1.165, 1.54) is 24.8 Å². The second kappa shape index (κ2) is 6.50. The summed E-state index contributed by atoms with van der Waals surface area (Å²) in [6, 6.07) is 5.48. The van der Waals surface area contributed by atoms with E-state index in [9.17, 15) is 4.39 Å². The first-order chi connectivity index (χ1) is 10.1. The summed E-state index contributed by atoms with van der Waals surface area (Å²) in [5, 5.41) is 3.63. The van der Waals surface area contributed by atoms with Crippen molar-refractivity contribution in [1.82, 2.24) is 5.32 Å². The molecule has 1 aromatic rings. The number of ether oxygens (including phenoxy) is 1. The van der Waals surface area contributed by atoms with Crippen molar-refractivity contribution in [3.63, 3.8) is 0 Å². The van der Waals surface area contributed by atoms with Crippen molar-refractivity contribution in [2.45, 2.75) is 50.7 Å². The Balaban J connectivity index is 1.83. The molecular formula is C17H23FINO. The summed E-state index contributed by atoms with van der Waals surface area (Å²) in [6.07, 6.45) is 5.95. The van der Waals surface area contributed by atoms with E-state index in [0.717, 1.165) is 29.6 Å². The minimum Gasteiger partial charge on any atom is -0.375 e. The van der Waals surface area contributed by atoms with Gasteiger partial charge in [0.1, 0.15) is 5.82 Å². The largest absolute Gasteiger partial charge is 0.375 e. The average molecular weight is 403 g/mol. The fourth-order valence-corrected chi connectivity index (χ4v) is 4.59. The average Bonchev–Trinajstić information content (AvgIpc) is 2.44. The monoisotopic (exact) mass is 403 g/mol. The van der Waals surface area contributed by atoms with Crippen molar-refractivity contribution in [3.05, 3.63) is 33.1 Å². The number of benzene rings is 1. The second-order valence-electron chi connectivity index (χ2n) is 6.34. The Morgan fingerprint density at radius 3 is 2.90 bits per heavy atom. The molecule has 4 heteroatoms. The second-order valence-corrected chi connectivity index (χ2v) is 7.50. The molecule has 0 amide bonds. The van der Waals surface area contributed by atoms with Crippen molar-refractivity contribution in [3.8, 4) is 0 Å². The molecule has 0 aromatic heterocycles. The van der Waals surface area contributed by atoms with Crippen LogP contribution in [0.1, 0.15) is 50.6 Å².